The van der Waals surface area contributed by atoms with Crippen LogP contribution in [0.1, 0.15) is 22.9 Å². The molecule has 0 spiro atoms. The van der Waals surface area contributed by atoms with Crippen molar-refractivity contribution in [1.82, 2.24) is 4.31 Å². The van der Waals surface area contributed by atoms with Gasteiger partial charge in [0.2, 0.25) is 10.0 Å². The number of nitrogen functional groups attached to an aromatic ring is 1. The van der Waals surface area contributed by atoms with Crippen LogP contribution in [0.5, 0.6) is 0 Å². The van der Waals surface area contributed by atoms with Gasteiger partial charge in [0.25, 0.3) is 0 Å². The Morgan fingerprint density at radius 3 is 2.57 bits per heavy atom. The summed E-state index contributed by atoms with van der Waals surface area (Å²) in [6.07, 6.45) is 0. The van der Waals surface area contributed by atoms with Crippen molar-refractivity contribution < 1.29 is 8.42 Å². The van der Waals surface area contributed by atoms with E-state index in [-0.39, 0.29) is 0 Å². The van der Waals surface area contributed by atoms with Crippen LogP contribution in [0.25, 0.3) is 0 Å². The SMILES string of the molecule is CCN(Cc1cccs1)S(=O)(=O)c1cc(C)cc(N)c1C. The van der Waals surface area contributed by atoms with Gasteiger partial charge in [0.15, 0.2) is 0 Å². The number of sulfonamides is 1. The summed E-state index contributed by atoms with van der Waals surface area (Å²) in [5, 5.41) is 1.95. The van der Waals surface area contributed by atoms with Crippen molar-refractivity contribution in [2.24, 2.45) is 0 Å². The lowest BCUT2D eigenvalue weighted by atomic mass is 10.1. The van der Waals surface area contributed by atoms with Crippen molar-refractivity contribution in [3.63, 3.8) is 0 Å². The third-order valence-corrected chi connectivity index (χ3v) is 6.34. The number of benzene rings is 1. The number of thiophene rings is 1. The molecule has 2 aromatic rings. The van der Waals surface area contributed by atoms with E-state index in [9.17, 15) is 8.42 Å². The lowest BCUT2D eigenvalue weighted by Crippen LogP contribution is -2.30. The minimum atomic E-state index is -3.54. The van der Waals surface area contributed by atoms with E-state index in [1.54, 1.807) is 30.4 Å². The number of anilines is 1. The van der Waals surface area contributed by atoms with E-state index >= 15 is 0 Å². The van der Waals surface area contributed by atoms with Crippen LogP contribution in [0.3, 0.4) is 0 Å². The van der Waals surface area contributed by atoms with Gasteiger partial charge in [-0.2, -0.15) is 4.31 Å². The molecule has 0 fully saturated rings. The molecule has 2 rings (SSSR count). The maximum Gasteiger partial charge on any atom is 0.243 e. The molecule has 2 N–H and O–H groups in total. The normalized spacial score (nSPS) is 12.0. The van der Waals surface area contributed by atoms with E-state index in [0.29, 0.717) is 29.2 Å². The minimum absolute atomic E-state index is 0.304. The number of nitrogens with two attached hydrogens (primary N) is 1. The Labute approximate surface area is 130 Å². The Morgan fingerprint density at radius 2 is 2.00 bits per heavy atom. The standard InChI is InChI=1S/C15H20N2O2S2/c1-4-17(10-13-6-5-7-20-13)21(18,19)15-9-11(2)8-14(16)12(15)3/h5-9H,4,10,16H2,1-3H3. The van der Waals surface area contributed by atoms with Crippen molar-refractivity contribution >= 4 is 27.0 Å². The Balaban J connectivity index is 2.44. The summed E-state index contributed by atoms with van der Waals surface area (Å²) < 4.78 is 27.3. The van der Waals surface area contributed by atoms with Crippen molar-refractivity contribution in [2.45, 2.75) is 32.2 Å². The smallest absolute Gasteiger partial charge is 0.243 e. The molecule has 114 valence electrons. The van der Waals surface area contributed by atoms with E-state index in [4.69, 9.17) is 5.73 Å². The minimum Gasteiger partial charge on any atom is -0.398 e. The molecular weight excluding hydrogens is 304 g/mol. The molecule has 0 radical (unpaired) electrons. The number of nitrogens with zero attached hydrogens (tertiary/aromatic N) is 1. The second kappa shape index (κ2) is 6.17. The lowest BCUT2D eigenvalue weighted by molar-refractivity contribution is 0.426. The molecule has 0 saturated carbocycles. The van der Waals surface area contributed by atoms with Crippen molar-refractivity contribution in [2.75, 3.05) is 12.3 Å². The summed E-state index contributed by atoms with van der Waals surface area (Å²) >= 11 is 1.56. The van der Waals surface area contributed by atoms with Gasteiger partial charge < -0.3 is 5.73 Å². The van der Waals surface area contributed by atoms with E-state index in [1.807, 2.05) is 31.4 Å². The average molecular weight is 324 g/mol. The quantitative estimate of drug-likeness (QED) is 0.859. The predicted octanol–water partition coefficient (Wildman–Crippen LogP) is 3.16. The van der Waals surface area contributed by atoms with Crippen LogP contribution in [0.15, 0.2) is 34.5 Å². The van der Waals surface area contributed by atoms with Gasteiger partial charge in [0.1, 0.15) is 0 Å². The largest absolute Gasteiger partial charge is 0.398 e. The second-order valence-corrected chi connectivity index (χ2v) is 7.93. The molecule has 1 aromatic heterocycles. The summed E-state index contributed by atoms with van der Waals surface area (Å²) in [7, 11) is -3.54. The van der Waals surface area contributed by atoms with Crippen molar-refractivity contribution in [3.8, 4) is 0 Å². The first-order chi connectivity index (χ1) is 9.86. The number of aryl methyl sites for hydroxylation is 1. The topological polar surface area (TPSA) is 63.4 Å². The first-order valence-electron chi connectivity index (χ1n) is 6.75. The monoisotopic (exact) mass is 324 g/mol. The van der Waals surface area contributed by atoms with E-state index in [0.717, 1.165) is 10.4 Å². The van der Waals surface area contributed by atoms with Gasteiger partial charge in [-0.1, -0.05) is 13.0 Å². The van der Waals surface area contributed by atoms with Crippen LogP contribution in [0, 0.1) is 13.8 Å². The molecule has 0 aliphatic rings. The predicted molar refractivity (Wildman–Crippen MR) is 87.9 cm³/mol. The van der Waals surface area contributed by atoms with Gasteiger partial charge in [0.05, 0.1) is 4.90 Å². The first-order valence-corrected chi connectivity index (χ1v) is 9.07. The van der Waals surface area contributed by atoms with Gasteiger partial charge in [-0.25, -0.2) is 8.42 Å². The highest BCUT2D eigenvalue weighted by Crippen LogP contribution is 2.27. The third kappa shape index (κ3) is 3.28. The van der Waals surface area contributed by atoms with E-state index in [2.05, 4.69) is 0 Å². The second-order valence-electron chi connectivity index (χ2n) is 4.99. The number of hydrogen-bond donors (Lipinski definition) is 1. The maximum absolute atomic E-state index is 12.9. The summed E-state index contributed by atoms with van der Waals surface area (Å²) in [5.74, 6) is 0. The molecule has 1 heterocycles. The molecule has 0 unspecified atom stereocenters. The zero-order valence-electron chi connectivity index (χ0n) is 12.5. The molecular formula is C15H20N2O2S2. The zero-order valence-corrected chi connectivity index (χ0v) is 14.1. The Kier molecular flexibility index (Phi) is 4.70. The van der Waals surface area contributed by atoms with Crippen LogP contribution in [-0.2, 0) is 16.6 Å². The molecule has 21 heavy (non-hydrogen) atoms. The van der Waals surface area contributed by atoms with Crippen LogP contribution >= 0.6 is 11.3 Å². The molecule has 0 saturated heterocycles. The number of rotatable bonds is 5. The van der Waals surface area contributed by atoms with Crippen molar-refractivity contribution in [1.29, 1.82) is 0 Å². The summed E-state index contributed by atoms with van der Waals surface area (Å²) in [5.41, 5.74) is 7.90. The summed E-state index contributed by atoms with van der Waals surface area (Å²) in [6, 6.07) is 7.36. The maximum atomic E-state index is 12.9. The molecule has 0 aliphatic heterocycles. The molecule has 0 amide bonds. The first kappa shape index (κ1) is 16.0. The van der Waals surface area contributed by atoms with Gasteiger partial charge >= 0.3 is 0 Å². The van der Waals surface area contributed by atoms with Crippen LogP contribution in [0.2, 0.25) is 0 Å². The summed E-state index contributed by atoms with van der Waals surface area (Å²) in [4.78, 5) is 1.33. The third-order valence-electron chi connectivity index (χ3n) is 3.43. The van der Waals surface area contributed by atoms with Crippen LogP contribution in [0.4, 0.5) is 5.69 Å². The van der Waals surface area contributed by atoms with Gasteiger partial charge in [0, 0.05) is 23.7 Å². The highest BCUT2D eigenvalue weighted by Gasteiger charge is 2.26. The average Bonchev–Trinajstić information content (AvgIpc) is 2.92. The Bertz CT molecular complexity index is 722. The molecule has 0 aliphatic carbocycles. The Morgan fingerprint density at radius 1 is 1.29 bits per heavy atom. The van der Waals surface area contributed by atoms with Crippen LogP contribution < -0.4 is 5.73 Å². The fraction of sp³-hybridized carbons (Fsp3) is 0.333. The fourth-order valence-electron chi connectivity index (χ4n) is 2.20. The molecule has 1 aromatic carbocycles. The van der Waals surface area contributed by atoms with Crippen molar-refractivity contribution in [3.05, 3.63) is 45.6 Å². The molecule has 0 bridgehead atoms. The number of hydrogen-bond acceptors (Lipinski definition) is 4. The van der Waals surface area contributed by atoms with Gasteiger partial charge in [-0.3, -0.25) is 0 Å². The lowest BCUT2D eigenvalue weighted by Gasteiger charge is -2.22. The highest BCUT2D eigenvalue weighted by molar-refractivity contribution is 7.89. The fourth-order valence-corrected chi connectivity index (χ4v) is 4.77. The molecule has 6 heteroatoms. The molecule has 4 nitrogen and oxygen atoms in total. The molecule has 0 atom stereocenters. The van der Waals surface area contributed by atoms with Crippen LogP contribution in [-0.4, -0.2) is 19.3 Å². The summed E-state index contributed by atoms with van der Waals surface area (Å²) in [6.45, 7) is 6.27. The van der Waals surface area contributed by atoms with Gasteiger partial charge in [-0.15, -0.1) is 11.3 Å². The van der Waals surface area contributed by atoms with E-state index in [1.165, 1.54) is 4.31 Å². The highest BCUT2D eigenvalue weighted by atomic mass is 32.2. The van der Waals surface area contributed by atoms with E-state index < -0.39 is 10.0 Å². The Hall–Kier alpha value is -1.37. The zero-order chi connectivity index (χ0) is 15.6. The van der Waals surface area contributed by atoms with Gasteiger partial charge in [-0.05, 0) is 48.6 Å².